The summed E-state index contributed by atoms with van der Waals surface area (Å²) in [5, 5.41) is 0. The quantitative estimate of drug-likeness (QED) is 0.500. The third-order valence-electron chi connectivity index (χ3n) is 5.13. The molecule has 3 atom stereocenters. The number of nitrogens with zero attached hydrogens (tertiary/aromatic N) is 1. The molecular weight excluding hydrogens is 282 g/mol. The molecule has 22 heavy (non-hydrogen) atoms. The molecule has 1 aliphatic heterocycles. The lowest BCUT2D eigenvalue weighted by Gasteiger charge is -2.45. The Morgan fingerprint density at radius 2 is 1.91 bits per heavy atom. The van der Waals surface area contributed by atoms with Gasteiger partial charge in [0.25, 0.3) is 0 Å². The van der Waals surface area contributed by atoms with Gasteiger partial charge < -0.3 is 0 Å². The topological polar surface area (TPSA) is 3.24 Å². The first-order valence-corrected chi connectivity index (χ1v) is 12.5. The van der Waals surface area contributed by atoms with Gasteiger partial charge in [-0.25, -0.2) is 0 Å². The summed E-state index contributed by atoms with van der Waals surface area (Å²) in [5.41, 5.74) is 1.44. The number of hydrogen-bond donors (Lipinski definition) is 0. The van der Waals surface area contributed by atoms with E-state index in [0.717, 1.165) is 18.4 Å². The van der Waals surface area contributed by atoms with E-state index in [-0.39, 0.29) is 0 Å². The van der Waals surface area contributed by atoms with E-state index in [1.165, 1.54) is 31.0 Å². The molecule has 1 nitrogen and oxygen atoms in total. The van der Waals surface area contributed by atoms with Crippen molar-refractivity contribution >= 4 is 8.07 Å². The first-order valence-electron chi connectivity index (χ1n) is 8.79. The maximum Gasteiger partial charge on any atom is 0.0445 e. The Kier molecular flexibility index (Phi) is 6.05. The highest BCUT2D eigenvalue weighted by molar-refractivity contribution is 6.76. The molecule has 0 amide bonds. The summed E-state index contributed by atoms with van der Waals surface area (Å²) in [5.74, 6) is 1.67. The van der Waals surface area contributed by atoms with E-state index in [1.807, 2.05) is 0 Å². The highest BCUT2D eigenvalue weighted by Gasteiger charge is 2.36. The summed E-state index contributed by atoms with van der Waals surface area (Å²) >= 11 is 0. The minimum Gasteiger partial charge on any atom is -0.296 e. The molecule has 1 aromatic rings. The number of piperidine rings is 1. The van der Waals surface area contributed by atoms with Crippen LogP contribution >= 0.6 is 0 Å². The second-order valence-corrected chi connectivity index (χ2v) is 13.7. The zero-order valence-corrected chi connectivity index (χ0v) is 15.9. The van der Waals surface area contributed by atoms with Crippen molar-refractivity contribution < 1.29 is 0 Å². The van der Waals surface area contributed by atoms with Crippen molar-refractivity contribution in [2.75, 3.05) is 6.54 Å². The van der Waals surface area contributed by atoms with E-state index in [2.05, 4.69) is 74.5 Å². The highest BCUT2D eigenvalue weighted by atomic mass is 28.3. The molecule has 0 radical (unpaired) electrons. The Morgan fingerprint density at radius 1 is 1.23 bits per heavy atom. The molecule has 2 heteroatoms. The zero-order valence-electron chi connectivity index (χ0n) is 14.9. The van der Waals surface area contributed by atoms with Gasteiger partial charge in [0.05, 0.1) is 0 Å². The van der Waals surface area contributed by atoms with Gasteiger partial charge in [-0.2, -0.15) is 0 Å². The van der Waals surface area contributed by atoms with Crippen molar-refractivity contribution in [3.05, 3.63) is 48.6 Å². The van der Waals surface area contributed by atoms with E-state index in [0.29, 0.717) is 6.04 Å². The van der Waals surface area contributed by atoms with Gasteiger partial charge in [0.2, 0.25) is 0 Å². The zero-order chi connectivity index (χ0) is 16.2. The van der Waals surface area contributed by atoms with Crippen molar-refractivity contribution in [1.82, 2.24) is 4.90 Å². The number of hydrogen-bond acceptors (Lipinski definition) is 1. The van der Waals surface area contributed by atoms with Gasteiger partial charge in [0, 0.05) is 20.7 Å². The van der Waals surface area contributed by atoms with Crippen molar-refractivity contribution in [3.8, 4) is 0 Å². The van der Waals surface area contributed by atoms with Crippen molar-refractivity contribution in [2.45, 2.75) is 58.0 Å². The normalized spacial score (nSPS) is 26.8. The molecular formula is C20H33NSi. The van der Waals surface area contributed by atoms with Gasteiger partial charge in [-0.1, -0.05) is 62.1 Å². The second kappa shape index (κ2) is 7.61. The predicted octanol–water partition coefficient (Wildman–Crippen LogP) is 5.43. The smallest absolute Gasteiger partial charge is 0.0445 e. The predicted molar refractivity (Wildman–Crippen MR) is 101 cm³/mol. The molecule has 1 fully saturated rings. The first kappa shape index (κ1) is 17.5. The minimum absolute atomic E-state index is 0.660. The molecule has 1 heterocycles. The van der Waals surface area contributed by atoms with Crippen LogP contribution in [-0.4, -0.2) is 25.6 Å². The van der Waals surface area contributed by atoms with Gasteiger partial charge in [0.15, 0.2) is 0 Å². The van der Waals surface area contributed by atoms with Crippen LogP contribution in [0.2, 0.25) is 25.7 Å². The molecule has 0 N–H and O–H groups in total. The van der Waals surface area contributed by atoms with Gasteiger partial charge in [-0.05, 0) is 43.7 Å². The Morgan fingerprint density at radius 3 is 2.50 bits per heavy atom. The third kappa shape index (κ3) is 4.82. The summed E-state index contributed by atoms with van der Waals surface area (Å²) in [4.78, 5) is 2.68. The fraction of sp³-hybridized carbons (Fsp3) is 0.600. The van der Waals surface area contributed by atoms with Crippen LogP contribution in [0.3, 0.4) is 0 Å². The van der Waals surface area contributed by atoms with Crippen molar-refractivity contribution in [2.24, 2.45) is 11.8 Å². The van der Waals surface area contributed by atoms with Crippen LogP contribution < -0.4 is 0 Å². The summed E-state index contributed by atoms with van der Waals surface area (Å²) in [7, 11) is -0.994. The summed E-state index contributed by atoms with van der Waals surface area (Å²) in [6, 6.07) is 13.0. The average Bonchev–Trinajstić information content (AvgIpc) is 2.45. The Labute approximate surface area is 138 Å². The molecule has 0 bridgehead atoms. The van der Waals surface area contributed by atoms with Crippen LogP contribution in [0.4, 0.5) is 0 Å². The fourth-order valence-corrected chi connectivity index (χ4v) is 6.16. The van der Waals surface area contributed by atoms with Crippen LogP contribution in [0.1, 0.15) is 25.3 Å². The summed E-state index contributed by atoms with van der Waals surface area (Å²) in [6.45, 7) is 16.3. The van der Waals surface area contributed by atoms with E-state index in [1.54, 1.807) is 0 Å². The minimum atomic E-state index is -0.994. The number of allylic oxidation sites excluding steroid dienone is 1. The van der Waals surface area contributed by atoms with Gasteiger partial charge in [-0.3, -0.25) is 4.90 Å². The fourth-order valence-electron chi connectivity index (χ4n) is 4.08. The molecule has 122 valence electrons. The molecule has 0 saturated carbocycles. The van der Waals surface area contributed by atoms with E-state index >= 15 is 0 Å². The van der Waals surface area contributed by atoms with Gasteiger partial charge in [0.1, 0.15) is 0 Å². The van der Waals surface area contributed by atoms with Crippen LogP contribution in [0.5, 0.6) is 0 Å². The standard InChI is InChI=1S/C20H33NSi/c1-6-10-20-17(2)21(15-18-11-8-7-9-12-18)14-13-19(20)16-22(3,4)5/h6-9,11-12,17,19-20H,1,10,13-16H2,2-5H3/t17-,19+,20-/m0/s1. The number of likely N-dealkylation sites (tertiary alicyclic amines) is 1. The Balaban J connectivity index is 2.06. The largest absolute Gasteiger partial charge is 0.296 e. The second-order valence-electron chi connectivity index (χ2n) is 8.20. The number of benzene rings is 1. The van der Waals surface area contributed by atoms with Crippen LogP contribution in [0.15, 0.2) is 43.0 Å². The van der Waals surface area contributed by atoms with Crippen LogP contribution in [0.25, 0.3) is 0 Å². The molecule has 1 aromatic carbocycles. The average molecular weight is 316 g/mol. The van der Waals surface area contributed by atoms with Crippen LogP contribution in [0, 0.1) is 11.8 Å². The highest BCUT2D eigenvalue weighted by Crippen LogP contribution is 2.37. The first-order chi connectivity index (χ1) is 10.4. The maximum absolute atomic E-state index is 4.02. The number of rotatable bonds is 6. The monoisotopic (exact) mass is 315 g/mol. The molecule has 0 aliphatic carbocycles. The maximum atomic E-state index is 4.02. The van der Waals surface area contributed by atoms with Gasteiger partial charge >= 0.3 is 0 Å². The van der Waals surface area contributed by atoms with Crippen molar-refractivity contribution in [1.29, 1.82) is 0 Å². The lowest BCUT2D eigenvalue weighted by atomic mass is 9.79. The summed E-state index contributed by atoms with van der Waals surface area (Å²) < 4.78 is 0. The molecule has 2 rings (SSSR count). The lowest BCUT2D eigenvalue weighted by molar-refractivity contribution is 0.0602. The van der Waals surface area contributed by atoms with Crippen molar-refractivity contribution in [3.63, 3.8) is 0 Å². The molecule has 1 aliphatic rings. The molecule has 0 unspecified atom stereocenters. The molecule has 1 saturated heterocycles. The lowest BCUT2D eigenvalue weighted by Crippen LogP contribution is -2.48. The van der Waals surface area contributed by atoms with Gasteiger partial charge in [-0.15, -0.1) is 6.58 Å². The molecule has 0 spiro atoms. The Hall–Kier alpha value is -0.863. The summed E-state index contributed by atoms with van der Waals surface area (Å²) in [6.07, 6.45) is 4.67. The Bertz CT molecular complexity index is 462. The molecule has 0 aromatic heterocycles. The van der Waals surface area contributed by atoms with Crippen LogP contribution in [-0.2, 0) is 6.54 Å². The SMILES string of the molecule is C=CC[C@@H]1[C@@H](C[Si](C)(C)C)CCN(Cc2ccccc2)[C@H]1C. The van der Waals surface area contributed by atoms with E-state index in [4.69, 9.17) is 0 Å². The van der Waals surface area contributed by atoms with E-state index in [9.17, 15) is 0 Å². The van der Waals surface area contributed by atoms with E-state index < -0.39 is 8.07 Å². The third-order valence-corrected chi connectivity index (χ3v) is 6.88.